The van der Waals surface area contributed by atoms with Crippen LogP contribution in [0.4, 0.5) is 4.39 Å². The Balaban J connectivity index is 2.41. The molecule has 0 saturated heterocycles. The van der Waals surface area contributed by atoms with Gasteiger partial charge >= 0.3 is 0 Å². The maximum Gasteiger partial charge on any atom is 0.139 e. The first-order valence-electron chi connectivity index (χ1n) is 4.79. The van der Waals surface area contributed by atoms with Crippen LogP contribution in [-0.2, 0) is 6.54 Å². The molecule has 80 valence electrons. The summed E-state index contributed by atoms with van der Waals surface area (Å²) in [7, 11) is 0. The summed E-state index contributed by atoms with van der Waals surface area (Å²) in [6.07, 6.45) is 3.32. The highest BCUT2D eigenvalue weighted by molar-refractivity contribution is 5.58. The fourth-order valence-electron chi connectivity index (χ4n) is 1.41. The highest BCUT2D eigenvalue weighted by Crippen LogP contribution is 2.17. The summed E-state index contributed by atoms with van der Waals surface area (Å²) in [6.45, 7) is -0.438. The molecule has 0 bridgehead atoms. The van der Waals surface area contributed by atoms with Gasteiger partial charge in [0.05, 0.1) is 12.2 Å². The molecule has 4 nitrogen and oxygen atoms in total. The van der Waals surface area contributed by atoms with Gasteiger partial charge in [0.25, 0.3) is 0 Å². The van der Waals surface area contributed by atoms with Gasteiger partial charge in [-0.2, -0.15) is 10.4 Å². The van der Waals surface area contributed by atoms with E-state index in [9.17, 15) is 4.39 Å². The van der Waals surface area contributed by atoms with E-state index < -0.39 is 6.67 Å². The molecule has 16 heavy (non-hydrogen) atoms. The number of nitrogens with zero attached hydrogens (tertiary/aromatic N) is 4. The monoisotopic (exact) mass is 216 g/mol. The van der Waals surface area contributed by atoms with Gasteiger partial charge in [-0.15, -0.1) is 0 Å². The number of alkyl halides is 1. The Kier molecular flexibility index (Phi) is 2.92. The molecular formula is C11H9FN4. The lowest BCUT2D eigenvalue weighted by atomic mass is 10.2. The summed E-state index contributed by atoms with van der Waals surface area (Å²) in [5, 5.41) is 13.0. The molecule has 0 amide bonds. The quantitative estimate of drug-likeness (QED) is 0.785. The number of aromatic nitrogens is 3. The largest absolute Gasteiger partial charge is 0.264 e. The molecule has 0 aliphatic rings. The zero-order valence-corrected chi connectivity index (χ0v) is 8.47. The van der Waals surface area contributed by atoms with E-state index in [1.165, 1.54) is 4.68 Å². The third-order valence-electron chi connectivity index (χ3n) is 2.15. The van der Waals surface area contributed by atoms with Crippen molar-refractivity contribution in [1.29, 1.82) is 5.26 Å². The maximum absolute atomic E-state index is 12.2. The van der Waals surface area contributed by atoms with Crippen molar-refractivity contribution in [2.75, 3.05) is 6.67 Å². The van der Waals surface area contributed by atoms with Gasteiger partial charge in [0.1, 0.15) is 18.4 Å². The van der Waals surface area contributed by atoms with Crippen LogP contribution in [0.5, 0.6) is 0 Å². The number of aryl methyl sites for hydroxylation is 1. The Hall–Kier alpha value is -2.22. The van der Waals surface area contributed by atoms with Crippen molar-refractivity contribution in [2.45, 2.75) is 6.54 Å². The summed E-state index contributed by atoms with van der Waals surface area (Å²) < 4.78 is 13.6. The topological polar surface area (TPSA) is 54.5 Å². The van der Waals surface area contributed by atoms with Crippen molar-refractivity contribution in [3.05, 3.63) is 36.3 Å². The van der Waals surface area contributed by atoms with Gasteiger partial charge in [-0.1, -0.05) is 0 Å². The molecule has 0 aliphatic carbocycles. The van der Waals surface area contributed by atoms with Gasteiger partial charge in [0.15, 0.2) is 0 Å². The standard InChI is InChI=1S/C11H9FN4/c12-3-5-16-10(7-13)6-11(15-16)9-2-1-4-14-8-9/h1-2,4,6,8H,3,5H2. The van der Waals surface area contributed by atoms with Crippen molar-refractivity contribution in [1.82, 2.24) is 14.8 Å². The second-order valence-electron chi connectivity index (χ2n) is 3.18. The summed E-state index contributed by atoms with van der Waals surface area (Å²) in [5.41, 5.74) is 1.81. The highest BCUT2D eigenvalue weighted by atomic mass is 19.1. The molecule has 5 heteroatoms. The molecule has 2 aromatic rings. The molecule has 2 heterocycles. The second kappa shape index (κ2) is 4.53. The van der Waals surface area contributed by atoms with Crippen LogP contribution < -0.4 is 0 Å². The van der Waals surface area contributed by atoms with Gasteiger partial charge in [-0.05, 0) is 12.1 Å². The van der Waals surface area contributed by atoms with E-state index >= 15 is 0 Å². The SMILES string of the molecule is N#Cc1cc(-c2cccnc2)nn1CCF. The van der Waals surface area contributed by atoms with Gasteiger partial charge in [-0.3, -0.25) is 9.67 Å². The summed E-state index contributed by atoms with van der Waals surface area (Å²) in [5.74, 6) is 0. The van der Waals surface area contributed by atoms with Gasteiger partial charge < -0.3 is 0 Å². The number of hydrogen-bond donors (Lipinski definition) is 0. The lowest BCUT2D eigenvalue weighted by Gasteiger charge is -1.97. The average Bonchev–Trinajstić information content (AvgIpc) is 2.74. The van der Waals surface area contributed by atoms with Crippen LogP contribution in [-0.4, -0.2) is 21.4 Å². The molecule has 0 spiro atoms. The van der Waals surface area contributed by atoms with E-state index in [0.717, 1.165) is 5.56 Å². The normalized spacial score (nSPS) is 10.0. The Bertz CT molecular complexity index is 513. The molecule has 0 radical (unpaired) electrons. The van der Waals surface area contributed by atoms with E-state index in [2.05, 4.69) is 10.1 Å². The maximum atomic E-state index is 12.2. The van der Waals surface area contributed by atoms with Crippen molar-refractivity contribution < 1.29 is 4.39 Å². The van der Waals surface area contributed by atoms with Crippen LogP contribution in [0.15, 0.2) is 30.6 Å². The van der Waals surface area contributed by atoms with E-state index in [4.69, 9.17) is 5.26 Å². The smallest absolute Gasteiger partial charge is 0.139 e. The Labute approximate surface area is 92.0 Å². The highest BCUT2D eigenvalue weighted by Gasteiger charge is 2.08. The lowest BCUT2D eigenvalue weighted by molar-refractivity contribution is 0.426. The minimum atomic E-state index is -0.539. The number of nitriles is 1. The number of hydrogen-bond acceptors (Lipinski definition) is 3. The van der Waals surface area contributed by atoms with Gasteiger partial charge in [-0.25, -0.2) is 4.39 Å². The summed E-state index contributed by atoms with van der Waals surface area (Å²) in [6, 6.07) is 7.25. The van der Waals surface area contributed by atoms with Crippen molar-refractivity contribution in [3.63, 3.8) is 0 Å². The first kappa shape index (κ1) is 10.3. The molecule has 0 saturated carbocycles. The molecule has 0 fully saturated rings. The molecule has 0 unspecified atom stereocenters. The van der Waals surface area contributed by atoms with E-state index in [1.54, 1.807) is 24.5 Å². The molecule has 0 N–H and O–H groups in total. The minimum Gasteiger partial charge on any atom is -0.264 e. The van der Waals surface area contributed by atoms with Crippen LogP contribution in [0.2, 0.25) is 0 Å². The van der Waals surface area contributed by atoms with E-state index in [1.807, 2.05) is 12.1 Å². The second-order valence-corrected chi connectivity index (χ2v) is 3.18. The van der Waals surface area contributed by atoms with Crippen molar-refractivity contribution >= 4 is 0 Å². The third kappa shape index (κ3) is 1.91. The Morgan fingerprint density at radius 3 is 3.00 bits per heavy atom. The predicted molar refractivity (Wildman–Crippen MR) is 56.1 cm³/mol. The van der Waals surface area contributed by atoms with E-state index in [0.29, 0.717) is 11.4 Å². The molecular weight excluding hydrogens is 207 g/mol. The first-order valence-corrected chi connectivity index (χ1v) is 4.79. The summed E-state index contributed by atoms with van der Waals surface area (Å²) in [4.78, 5) is 3.97. The third-order valence-corrected chi connectivity index (χ3v) is 2.15. The van der Waals surface area contributed by atoms with Crippen LogP contribution in [0, 0.1) is 11.3 Å². The lowest BCUT2D eigenvalue weighted by Crippen LogP contribution is -2.04. The number of halogens is 1. The van der Waals surface area contributed by atoms with Gasteiger partial charge in [0.2, 0.25) is 0 Å². The fourth-order valence-corrected chi connectivity index (χ4v) is 1.41. The summed E-state index contributed by atoms with van der Waals surface area (Å²) >= 11 is 0. The Morgan fingerprint density at radius 2 is 2.38 bits per heavy atom. The van der Waals surface area contributed by atoms with Gasteiger partial charge in [0, 0.05) is 24.0 Å². The average molecular weight is 216 g/mol. The first-order chi connectivity index (χ1) is 7.85. The molecule has 2 aromatic heterocycles. The van der Waals surface area contributed by atoms with Crippen LogP contribution in [0.1, 0.15) is 5.69 Å². The van der Waals surface area contributed by atoms with Crippen LogP contribution in [0.3, 0.4) is 0 Å². The minimum absolute atomic E-state index is 0.100. The van der Waals surface area contributed by atoms with Crippen LogP contribution >= 0.6 is 0 Å². The van der Waals surface area contributed by atoms with E-state index in [-0.39, 0.29) is 6.54 Å². The Morgan fingerprint density at radius 1 is 1.50 bits per heavy atom. The number of rotatable bonds is 3. The predicted octanol–water partition coefficient (Wildman–Crippen LogP) is 1.79. The molecule has 0 aromatic carbocycles. The fraction of sp³-hybridized carbons (Fsp3) is 0.182. The number of pyridine rings is 1. The van der Waals surface area contributed by atoms with Crippen LogP contribution in [0.25, 0.3) is 11.3 Å². The van der Waals surface area contributed by atoms with Crippen molar-refractivity contribution in [2.24, 2.45) is 0 Å². The zero-order valence-electron chi connectivity index (χ0n) is 8.47. The molecule has 0 atom stereocenters. The van der Waals surface area contributed by atoms with Crippen molar-refractivity contribution in [3.8, 4) is 17.3 Å². The molecule has 2 rings (SSSR count). The zero-order chi connectivity index (χ0) is 11.4. The molecule has 0 aliphatic heterocycles.